The Balaban J connectivity index is 1.47. The van der Waals surface area contributed by atoms with Crippen LogP contribution in [0.25, 0.3) is 0 Å². The van der Waals surface area contributed by atoms with Gasteiger partial charge in [0.1, 0.15) is 0 Å². The van der Waals surface area contributed by atoms with Crippen molar-refractivity contribution in [3.05, 3.63) is 23.8 Å². The van der Waals surface area contributed by atoms with Crippen molar-refractivity contribution >= 4 is 0 Å². The lowest BCUT2D eigenvalue weighted by Gasteiger charge is -2.58. The van der Waals surface area contributed by atoms with Crippen molar-refractivity contribution in [1.29, 1.82) is 0 Å². The molecule has 176 valence electrons. The molecule has 0 saturated heterocycles. The second-order valence-corrected chi connectivity index (χ2v) is 13.6. The fraction of sp³-hybridized carbons (Fsp3) is 0.871. The van der Waals surface area contributed by atoms with Crippen LogP contribution in [-0.2, 0) is 0 Å². The molecule has 0 radical (unpaired) electrons. The van der Waals surface area contributed by atoms with E-state index in [0.29, 0.717) is 10.8 Å². The second-order valence-electron chi connectivity index (χ2n) is 13.6. The Morgan fingerprint density at radius 2 is 1.81 bits per heavy atom. The van der Waals surface area contributed by atoms with Gasteiger partial charge < -0.3 is 0 Å². The summed E-state index contributed by atoms with van der Waals surface area (Å²) in [4.78, 5) is 0. The Morgan fingerprint density at radius 1 is 1.03 bits per heavy atom. The van der Waals surface area contributed by atoms with E-state index < -0.39 is 0 Å². The molecule has 0 N–H and O–H groups in total. The highest BCUT2D eigenvalue weighted by atomic mass is 14.6. The predicted molar refractivity (Wildman–Crippen MR) is 136 cm³/mol. The van der Waals surface area contributed by atoms with Gasteiger partial charge >= 0.3 is 0 Å². The third kappa shape index (κ3) is 4.36. The summed E-state index contributed by atoms with van der Waals surface area (Å²) in [5.74, 6) is 6.56. The quantitative estimate of drug-likeness (QED) is 0.357. The standard InChI is InChI=1S/C31H52/c1-21(2)9-8-10-23(5)27-13-14-28-26-12-11-25-20-24(19-22(3)4)15-17-30(25,6)29(26)16-18-31(27,28)7/h11,21,23-24,26-29H,3,8-10,12-20H2,1-2,4-7H3/t23?,24?,26?,27?,28?,29?,30-,31+/m0/s1. The molecule has 0 heteroatoms. The molecule has 3 fully saturated rings. The highest BCUT2D eigenvalue weighted by Gasteiger charge is 2.59. The van der Waals surface area contributed by atoms with Gasteiger partial charge in [0.2, 0.25) is 0 Å². The normalized spacial score (nSPS) is 43.1. The molecule has 4 aliphatic rings. The summed E-state index contributed by atoms with van der Waals surface area (Å²) in [7, 11) is 0. The van der Waals surface area contributed by atoms with Crippen LogP contribution >= 0.6 is 0 Å². The number of hydrogen-bond donors (Lipinski definition) is 0. The lowest BCUT2D eigenvalue weighted by molar-refractivity contribution is -0.0527. The highest BCUT2D eigenvalue weighted by molar-refractivity contribution is 5.25. The first-order chi connectivity index (χ1) is 14.6. The first-order valence-electron chi connectivity index (χ1n) is 14.0. The lowest BCUT2D eigenvalue weighted by Crippen LogP contribution is -2.50. The van der Waals surface area contributed by atoms with E-state index in [4.69, 9.17) is 0 Å². The SMILES string of the molecule is C=C(C)CC1CC[C@@]2(C)C(=CCC3C4CCC(C(C)CCCC(C)C)[C@@]4(C)CCC32)C1. The Labute approximate surface area is 194 Å². The number of hydrogen-bond acceptors (Lipinski definition) is 0. The molecule has 0 aromatic heterocycles. The van der Waals surface area contributed by atoms with E-state index in [2.05, 4.69) is 54.2 Å². The molecule has 0 aromatic carbocycles. The predicted octanol–water partition coefficient (Wildman–Crippen LogP) is 9.61. The topological polar surface area (TPSA) is 0 Å². The minimum Gasteiger partial charge on any atom is -0.100 e. The average Bonchev–Trinajstić information content (AvgIpc) is 3.05. The van der Waals surface area contributed by atoms with Crippen LogP contribution in [0.15, 0.2) is 23.8 Å². The molecule has 0 heterocycles. The van der Waals surface area contributed by atoms with Crippen molar-refractivity contribution in [1.82, 2.24) is 0 Å². The highest BCUT2D eigenvalue weighted by Crippen LogP contribution is 2.67. The Kier molecular flexibility index (Phi) is 6.88. The molecular formula is C31H52. The largest absolute Gasteiger partial charge is 0.100 e. The third-order valence-corrected chi connectivity index (χ3v) is 11.0. The van der Waals surface area contributed by atoms with Crippen LogP contribution in [0.2, 0.25) is 0 Å². The molecule has 0 amide bonds. The van der Waals surface area contributed by atoms with Crippen molar-refractivity contribution in [3.63, 3.8) is 0 Å². The molecule has 0 spiro atoms. The first kappa shape index (κ1) is 23.6. The van der Waals surface area contributed by atoms with Crippen LogP contribution in [-0.4, -0.2) is 0 Å². The van der Waals surface area contributed by atoms with Gasteiger partial charge in [-0.15, -0.1) is 6.58 Å². The molecule has 0 aromatic rings. The van der Waals surface area contributed by atoms with Crippen LogP contribution in [0.1, 0.15) is 119 Å². The van der Waals surface area contributed by atoms with Gasteiger partial charge in [0, 0.05) is 0 Å². The first-order valence-corrected chi connectivity index (χ1v) is 14.0. The van der Waals surface area contributed by atoms with Crippen molar-refractivity contribution in [3.8, 4) is 0 Å². The molecule has 8 atom stereocenters. The van der Waals surface area contributed by atoms with Gasteiger partial charge in [-0.1, -0.05) is 71.1 Å². The maximum absolute atomic E-state index is 4.21. The fourth-order valence-electron chi connectivity index (χ4n) is 9.43. The molecule has 0 bridgehead atoms. The van der Waals surface area contributed by atoms with Crippen molar-refractivity contribution in [2.24, 2.45) is 52.3 Å². The van der Waals surface area contributed by atoms with Gasteiger partial charge in [0.05, 0.1) is 0 Å². The van der Waals surface area contributed by atoms with Gasteiger partial charge in [-0.05, 0) is 117 Å². The Hall–Kier alpha value is -0.520. The molecule has 0 aliphatic heterocycles. The van der Waals surface area contributed by atoms with Crippen LogP contribution in [0.5, 0.6) is 0 Å². The van der Waals surface area contributed by atoms with Crippen LogP contribution in [0, 0.1) is 52.3 Å². The van der Waals surface area contributed by atoms with E-state index >= 15 is 0 Å². The summed E-state index contributed by atoms with van der Waals surface area (Å²) >= 11 is 0. The third-order valence-electron chi connectivity index (χ3n) is 11.0. The average molecular weight is 425 g/mol. The van der Waals surface area contributed by atoms with Crippen LogP contribution in [0.3, 0.4) is 0 Å². The van der Waals surface area contributed by atoms with Gasteiger partial charge in [0.15, 0.2) is 0 Å². The van der Waals surface area contributed by atoms with E-state index in [1.54, 1.807) is 0 Å². The van der Waals surface area contributed by atoms with Crippen LogP contribution < -0.4 is 0 Å². The number of rotatable bonds is 7. The molecule has 6 unspecified atom stereocenters. The Bertz CT molecular complexity index is 682. The zero-order valence-electron chi connectivity index (χ0n) is 21.8. The summed E-state index contributed by atoms with van der Waals surface area (Å²) in [5, 5.41) is 0. The van der Waals surface area contributed by atoms with Gasteiger partial charge in [-0.2, -0.15) is 0 Å². The summed E-state index contributed by atoms with van der Waals surface area (Å²) in [6, 6.07) is 0. The minimum absolute atomic E-state index is 0.511. The molecule has 31 heavy (non-hydrogen) atoms. The molecule has 0 nitrogen and oxygen atoms in total. The second kappa shape index (κ2) is 9.02. The van der Waals surface area contributed by atoms with Gasteiger partial charge in [-0.3, -0.25) is 0 Å². The monoisotopic (exact) mass is 424 g/mol. The van der Waals surface area contributed by atoms with E-state index in [1.807, 2.05) is 5.57 Å². The summed E-state index contributed by atoms with van der Waals surface area (Å²) in [5.41, 5.74) is 4.37. The van der Waals surface area contributed by atoms with Crippen molar-refractivity contribution < 1.29 is 0 Å². The minimum atomic E-state index is 0.511. The molecule has 4 aliphatic carbocycles. The van der Waals surface area contributed by atoms with Gasteiger partial charge in [-0.25, -0.2) is 0 Å². The number of allylic oxidation sites excluding steroid dienone is 3. The number of fused-ring (bicyclic) bond motifs is 5. The fourth-order valence-corrected chi connectivity index (χ4v) is 9.43. The molecular weight excluding hydrogens is 372 g/mol. The van der Waals surface area contributed by atoms with E-state index in [-0.39, 0.29) is 0 Å². The van der Waals surface area contributed by atoms with Gasteiger partial charge in [0.25, 0.3) is 0 Å². The summed E-state index contributed by atoms with van der Waals surface area (Å²) < 4.78 is 0. The van der Waals surface area contributed by atoms with Crippen molar-refractivity contribution in [2.75, 3.05) is 0 Å². The zero-order chi connectivity index (χ0) is 22.4. The molecule has 4 rings (SSSR count). The maximum Gasteiger partial charge on any atom is -0.00851 e. The summed E-state index contributed by atoms with van der Waals surface area (Å²) in [6.07, 6.45) is 20.0. The smallest absolute Gasteiger partial charge is 0.00851 e. The van der Waals surface area contributed by atoms with E-state index in [1.165, 1.54) is 82.6 Å². The van der Waals surface area contributed by atoms with Crippen molar-refractivity contribution in [2.45, 2.75) is 119 Å². The van der Waals surface area contributed by atoms with E-state index in [0.717, 1.165) is 41.4 Å². The summed E-state index contributed by atoms with van der Waals surface area (Å²) in [6.45, 7) is 19.2. The lowest BCUT2D eigenvalue weighted by atomic mass is 9.46. The molecule has 3 saturated carbocycles. The van der Waals surface area contributed by atoms with Crippen LogP contribution in [0.4, 0.5) is 0 Å². The Morgan fingerprint density at radius 3 is 2.52 bits per heavy atom. The van der Waals surface area contributed by atoms with E-state index in [9.17, 15) is 0 Å². The zero-order valence-corrected chi connectivity index (χ0v) is 21.8. The maximum atomic E-state index is 4.21.